The van der Waals surface area contributed by atoms with E-state index < -0.39 is 0 Å². The van der Waals surface area contributed by atoms with Gasteiger partial charge in [0.15, 0.2) is 0 Å². The second-order valence-corrected chi connectivity index (χ2v) is 7.29. The molecule has 1 unspecified atom stereocenters. The van der Waals surface area contributed by atoms with Gasteiger partial charge in [0.1, 0.15) is 12.4 Å². The number of anilines is 1. The van der Waals surface area contributed by atoms with E-state index >= 15 is 0 Å². The Kier molecular flexibility index (Phi) is 4.34. The quantitative estimate of drug-likeness (QED) is 0.773. The fraction of sp³-hybridized carbons (Fsp3) is 0.429. The predicted octanol–water partition coefficient (Wildman–Crippen LogP) is 5.17. The van der Waals surface area contributed by atoms with E-state index in [1.165, 1.54) is 23.2 Å². The van der Waals surface area contributed by atoms with E-state index in [0.29, 0.717) is 12.5 Å². The first-order valence-corrected chi connectivity index (χ1v) is 8.53. The van der Waals surface area contributed by atoms with Crippen LogP contribution in [-0.4, -0.2) is 18.7 Å². The summed E-state index contributed by atoms with van der Waals surface area (Å²) in [6.45, 7) is 10.7. The molecule has 0 saturated heterocycles. The number of nitrogens with zero attached hydrogens (tertiary/aromatic N) is 1. The summed E-state index contributed by atoms with van der Waals surface area (Å²) in [5, 5.41) is 0. The third kappa shape index (κ3) is 3.36. The zero-order valence-corrected chi connectivity index (χ0v) is 14.7. The van der Waals surface area contributed by atoms with Crippen LogP contribution in [0.25, 0.3) is 0 Å². The molecule has 0 spiro atoms. The Morgan fingerprint density at radius 3 is 2.70 bits per heavy atom. The number of para-hydroxylation sites is 1. The van der Waals surface area contributed by atoms with Crippen LogP contribution in [0.5, 0.6) is 5.75 Å². The average molecular weight is 309 g/mol. The molecule has 122 valence electrons. The minimum absolute atomic E-state index is 0.156. The highest BCUT2D eigenvalue weighted by Crippen LogP contribution is 2.42. The van der Waals surface area contributed by atoms with Crippen LogP contribution >= 0.6 is 0 Å². The van der Waals surface area contributed by atoms with E-state index in [2.05, 4.69) is 69.0 Å². The highest BCUT2D eigenvalue weighted by molar-refractivity contribution is 5.59. The fourth-order valence-electron chi connectivity index (χ4n) is 3.83. The molecule has 1 aliphatic heterocycles. The lowest BCUT2D eigenvalue weighted by molar-refractivity contribution is 0.294. The predicted molar refractivity (Wildman–Crippen MR) is 97.6 cm³/mol. The van der Waals surface area contributed by atoms with Gasteiger partial charge in [0.2, 0.25) is 0 Å². The van der Waals surface area contributed by atoms with Crippen molar-refractivity contribution in [3.63, 3.8) is 0 Å². The summed E-state index contributed by atoms with van der Waals surface area (Å²) >= 11 is 0. The maximum absolute atomic E-state index is 5.98. The molecule has 0 saturated carbocycles. The first kappa shape index (κ1) is 15.9. The van der Waals surface area contributed by atoms with Crippen molar-refractivity contribution in [2.75, 3.05) is 18.1 Å². The van der Waals surface area contributed by atoms with E-state index in [1.807, 2.05) is 12.1 Å². The summed E-state index contributed by atoms with van der Waals surface area (Å²) in [7, 11) is 0. The van der Waals surface area contributed by atoms with Gasteiger partial charge in [-0.1, -0.05) is 37.3 Å². The molecule has 0 aromatic heterocycles. The third-order valence-corrected chi connectivity index (χ3v) is 4.87. The molecule has 1 heterocycles. The van der Waals surface area contributed by atoms with Crippen molar-refractivity contribution in [3.05, 3.63) is 59.7 Å². The number of ether oxygens (including phenoxy) is 1. The number of hydrogen-bond donors (Lipinski definition) is 0. The zero-order valence-electron chi connectivity index (χ0n) is 14.7. The normalized spacial score (nSPS) is 19.3. The Morgan fingerprint density at radius 2 is 1.91 bits per heavy atom. The molecule has 2 heteroatoms. The van der Waals surface area contributed by atoms with Gasteiger partial charge in [0, 0.05) is 11.2 Å². The Hall–Kier alpha value is -1.96. The molecular formula is C21H27NO. The summed E-state index contributed by atoms with van der Waals surface area (Å²) in [6.07, 6.45) is 1.18. The van der Waals surface area contributed by atoms with Crippen molar-refractivity contribution < 1.29 is 4.74 Å². The molecule has 0 aliphatic carbocycles. The van der Waals surface area contributed by atoms with Gasteiger partial charge >= 0.3 is 0 Å². The van der Waals surface area contributed by atoms with E-state index in [-0.39, 0.29) is 5.54 Å². The van der Waals surface area contributed by atoms with Crippen molar-refractivity contribution in [2.45, 2.75) is 45.6 Å². The number of rotatable bonds is 4. The summed E-state index contributed by atoms with van der Waals surface area (Å²) in [6, 6.07) is 17.1. The number of aryl methyl sites for hydroxylation is 1. The minimum Gasteiger partial charge on any atom is -0.492 e. The second kappa shape index (κ2) is 6.27. The van der Waals surface area contributed by atoms with Crippen molar-refractivity contribution in [1.82, 2.24) is 0 Å². The first-order chi connectivity index (χ1) is 11.0. The van der Waals surface area contributed by atoms with Crippen LogP contribution < -0.4 is 9.64 Å². The Morgan fingerprint density at radius 1 is 1.13 bits per heavy atom. The van der Waals surface area contributed by atoms with E-state index in [1.54, 1.807) is 0 Å². The van der Waals surface area contributed by atoms with Gasteiger partial charge in [-0.25, -0.2) is 0 Å². The number of benzene rings is 2. The van der Waals surface area contributed by atoms with E-state index in [0.717, 1.165) is 12.3 Å². The molecule has 0 radical (unpaired) electrons. The largest absolute Gasteiger partial charge is 0.492 e. The number of hydrogen-bond acceptors (Lipinski definition) is 2. The summed E-state index contributed by atoms with van der Waals surface area (Å²) in [5.41, 5.74) is 4.22. The topological polar surface area (TPSA) is 12.5 Å². The molecular weight excluding hydrogens is 282 g/mol. The molecule has 2 nitrogen and oxygen atoms in total. The van der Waals surface area contributed by atoms with E-state index in [9.17, 15) is 0 Å². The van der Waals surface area contributed by atoms with Crippen molar-refractivity contribution in [1.29, 1.82) is 0 Å². The van der Waals surface area contributed by atoms with Crippen LogP contribution in [0.3, 0.4) is 0 Å². The number of fused-ring (bicyclic) bond motifs is 1. The molecule has 2 aromatic carbocycles. The van der Waals surface area contributed by atoms with Gasteiger partial charge in [-0.15, -0.1) is 0 Å². The molecule has 0 N–H and O–H groups in total. The molecule has 1 atom stereocenters. The monoisotopic (exact) mass is 309 g/mol. The standard InChI is InChI=1S/C21H27NO/c1-16-8-7-9-18(14-16)23-13-12-22-20-11-6-5-10-19(20)17(2)15-21(22,3)4/h5-11,14,17H,12-13,15H2,1-4H3. The van der Waals surface area contributed by atoms with Gasteiger partial charge in [0.25, 0.3) is 0 Å². The molecule has 0 bridgehead atoms. The van der Waals surface area contributed by atoms with Crippen LogP contribution in [0, 0.1) is 6.92 Å². The van der Waals surface area contributed by atoms with E-state index in [4.69, 9.17) is 4.74 Å². The highest BCUT2D eigenvalue weighted by Gasteiger charge is 2.35. The van der Waals surface area contributed by atoms with Gasteiger partial charge < -0.3 is 9.64 Å². The lowest BCUT2D eigenvalue weighted by Gasteiger charge is -2.47. The fourth-order valence-corrected chi connectivity index (χ4v) is 3.83. The maximum atomic E-state index is 5.98. The molecule has 3 rings (SSSR count). The molecule has 23 heavy (non-hydrogen) atoms. The van der Waals surface area contributed by atoms with Crippen LogP contribution in [0.4, 0.5) is 5.69 Å². The Balaban J connectivity index is 1.74. The van der Waals surface area contributed by atoms with Crippen molar-refractivity contribution in [2.24, 2.45) is 0 Å². The summed E-state index contributed by atoms with van der Waals surface area (Å²) < 4.78 is 5.98. The average Bonchev–Trinajstić information content (AvgIpc) is 2.50. The second-order valence-electron chi connectivity index (χ2n) is 7.29. The SMILES string of the molecule is Cc1cccc(OCCN2c3ccccc3C(C)CC2(C)C)c1. The highest BCUT2D eigenvalue weighted by atomic mass is 16.5. The van der Waals surface area contributed by atoms with Crippen LogP contribution in [0.1, 0.15) is 44.2 Å². The smallest absolute Gasteiger partial charge is 0.119 e. The molecule has 2 aromatic rings. The maximum Gasteiger partial charge on any atom is 0.119 e. The first-order valence-electron chi connectivity index (χ1n) is 8.53. The summed E-state index contributed by atoms with van der Waals surface area (Å²) in [5.74, 6) is 1.57. The van der Waals surface area contributed by atoms with Gasteiger partial charge in [0.05, 0.1) is 6.54 Å². The summed E-state index contributed by atoms with van der Waals surface area (Å²) in [4.78, 5) is 2.51. The Bertz CT molecular complexity index is 677. The lowest BCUT2D eigenvalue weighted by Crippen LogP contribution is -2.50. The lowest BCUT2D eigenvalue weighted by atomic mass is 9.80. The van der Waals surface area contributed by atoms with Crippen LogP contribution in [0.15, 0.2) is 48.5 Å². The van der Waals surface area contributed by atoms with Crippen LogP contribution in [-0.2, 0) is 0 Å². The van der Waals surface area contributed by atoms with Crippen LogP contribution in [0.2, 0.25) is 0 Å². The minimum atomic E-state index is 0.156. The van der Waals surface area contributed by atoms with Gasteiger partial charge in [-0.2, -0.15) is 0 Å². The van der Waals surface area contributed by atoms with Crippen molar-refractivity contribution >= 4 is 5.69 Å². The van der Waals surface area contributed by atoms with Gasteiger partial charge in [-0.3, -0.25) is 0 Å². The molecule has 0 amide bonds. The zero-order chi connectivity index (χ0) is 16.4. The molecule has 1 aliphatic rings. The Labute approximate surface area is 140 Å². The third-order valence-electron chi connectivity index (χ3n) is 4.87. The molecule has 0 fully saturated rings. The van der Waals surface area contributed by atoms with Crippen molar-refractivity contribution in [3.8, 4) is 5.75 Å². The van der Waals surface area contributed by atoms with Gasteiger partial charge in [-0.05, 0) is 62.4 Å².